The van der Waals surface area contributed by atoms with Gasteiger partial charge in [0.15, 0.2) is 11.9 Å². The number of rotatable bonds is 7. The van der Waals surface area contributed by atoms with Crippen LogP contribution in [-0.2, 0) is 4.79 Å². The van der Waals surface area contributed by atoms with E-state index in [1.165, 1.54) is 0 Å². The highest BCUT2D eigenvalue weighted by Gasteiger charge is 2.20. The molecule has 0 radical (unpaired) electrons. The summed E-state index contributed by atoms with van der Waals surface area (Å²) in [6.45, 7) is 3.90. The molecule has 0 bridgehead atoms. The predicted octanol–water partition coefficient (Wildman–Crippen LogP) is 6.24. The highest BCUT2D eigenvalue weighted by Crippen LogP contribution is 2.32. The number of carbonyl (C=O) groups excluding carboxylic acids is 1. The van der Waals surface area contributed by atoms with Crippen LogP contribution in [0.5, 0.6) is 17.2 Å². The summed E-state index contributed by atoms with van der Waals surface area (Å²) in [5.74, 6) is 1.57. The average molecular weight is 396 g/mol. The zero-order valence-electron chi connectivity index (χ0n) is 15.8. The van der Waals surface area contributed by atoms with Crippen molar-refractivity contribution in [2.45, 2.75) is 26.4 Å². The maximum atomic E-state index is 12.8. The molecule has 4 nitrogen and oxygen atoms in total. The van der Waals surface area contributed by atoms with Crippen molar-refractivity contribution in [3.63, 3.8) is 0 Å². The molecule has 0 unspecified atom stereocenters. The molecule has 0 aliphatic heterocycles. The highest BCUT2D eigenvalue weighted by molar-refractivity contribution is 6.31. The van der Waals surface area contributed by atoms with Gasteiger partial charge in [0.2, 0.25) is 0 Å². The number of benzene rings is 3. The Morgan fingerprint density at radius 1 is 1.00 bits per heavy atom. The molecule has 3 aromatic rings. The summed E-state index contributed by atoms with van der Waals surface area (Å²) in [4.78, 5) is 12.8. The summed E-state index contributed by atoms with van der Waals surface area (Å²) < 4.78 is 11.8. The first-order valence-corrected chi connectivity index (χ1v) is 9.49. The quantitative estimate of drug-likeness (QED) is 0.515. The smallest absolute Gasteiger partial charge is 0.265 e. The fourth-order valence-electron chi connectivity index (χ4n) is 2.62. The van der Waals surface area contributed by atoms with Gasteiger partial charge in [-0.25, -0.2) is 0 Å². The number of hydrogen-bond donors (Lipinski definition) is 1. The SMILES string of the molecule is CC[C@@H](Oc1ccc(C)cc1)C(=O)Nc1cc(Cl)ccc1Oc1ccccc1. The van der Waals surface area contributed by atoms with Gasteiger partial charge in [-0.1, -0.05) is 54.4 Å². The van der Waals surface area contributed by atoms with Gasteiger partial charge in [-0.05, 0) is 55.8 Å². The van der Waals surface area contributed by atoms with Crippen LogP contribution in [0.25, 0.3) is 0 Å². The second kappa shape index (κ2) is 9.29. The van der Waals surface area contributed by atoms with E-state index < -0.39 is 6.10 Å². The molecule has 0 spiro atoms. The first-order valence-electron chi connectivity index (χ1n) is 9.12. The first-order chi connectivity index (χ1) is 13.5. The Bertz CT molecular complexity index is 926. The Morgan fingerprint density at radius 3 is 2.39 bits per heavy atom. The van der Waals surface area contributed by atoms with Gasteiger partial charge in [0.25, 0.3) is 5.91 Å². The van der Waals surface area contributed by atoms with E-state index in [0.29, 0.717) is 34.4 Å². The van der Waals surface area contributed by atoms with Crippen molar-refractivity contribution in [1.29, 1.82) is 0 Å². The molecule has 1 N–H and O–H groups in total. The lowest BCUT2D eigenvalue weighted by Crippen LogP contribution is -2.32. The van der Waals surface area contributed by atoms with E-state index in [9.17, 15) is 4.79 Å². The lowest BCUT2D eigenvalue weighted by atomic mass is 10.2. The normalized spacial score (nSPS) is 11.5. The summed E-state index contributed by atoms with van der Waals surface area (Å²) in [7, 11) is 0. The van der Waals surface area contributed by atoms with E-state index in [2.05, 4.69) is 5.32 Å². The third kappa shape index (κ3) is 5.27. The standard InChI is InChI=1S/C23H22ClNO3/c1-3-21(27-19-12-9-16(2)10-13-19)23(26)25-20-15-17(24)11-14-22(20)28-18-7-5-4-6-8-18/h4-15,21H,3H2,1-2H3,(H,25,26)/t21-/m1/s1. The molecule has 3 rings (SSSR count). The zero-order valence-corrected chi connectivity index (χ0v) is 16.6. The molecule has 0 fully saturated rings. The maximum Gasteiger partial charge on any atom is 0.265 e. The molecule has 1 amide bonds. The van der Waals surface area contributed by atoms with Gasteiger partial charge >= 0.3 is 0 Å². The lowest BCUT2D eigenvalue weighted by Gasteiger charge is -2.19. The minimum atomic E-state index is -0.633. The van der Waals surface area contributed by atoms with Gasteiger partial charge < -0.3 is 14.8 Å². The number of halogens is 1. The van der Waals surface area contributed by atoms with Crippen molar-refractivity contribution in [1.82, 2.24) is 0 Å². The number of ether oxygens (including phenoxy) is 2. The van der Waals surface area contributed by atoms with E-state index >= 15 is 0 Å². The fourth-order valence-corrected chi connectivity index (χ4v) is 2.79. The molecule has 3 aromatic carbocycles. The van der Waals surface area contributed by atoms with E-state index in [0.717, 1.165) is 5.56 Å². The van der Waals surface area contributed by atoms with Crippen molar-refractivity contribution in [2.75, 3.05) is 5.32 Å². The average Bonchev–Trinajstić information content (AvgIpc) is 2.70. The Kier molecular flexibility index (Phi) is 6.56. The second-order valence-corrected chi connectivity index (χ2v) is 6.81. The van der Waals surface area contributed by atoms with Gasteiger partial charge in [-0.15, -0.1) is 0 Å². The number of nitrogens with one attached hydrogen (secondary N) is 1. The van der Waals surface area contributed by atoms with Crippen LogP contribution in [0.4, 0.5) is 5.69 Å². The number of anilines is 1. The number of amides is 1. The minimum Gasteiger partial charge on any atom is -0.481 e. The third-order valence-corrected chi connectivity index (χ3v) is 4.37. The molecule has 28 heavy (non-hydrogen) atoms. The van der Waals surface area contributed by atoms with Crippen molar-refractivity contribution < 1.29 is 14.3 Å². The zero-order chi connectivity index (χ0) is 19.9. The van der Waals surface area contributed by atoms with Crippen LogP contribution < -0.4 is 14.8 Å². The van der Waals surface area contributed by atoms with Gasteiger partial charge in [-0.3, -0.25) is 4.79 Å². The molecule has 144 valence electrons. The van der Waals surface area contributed by atoms with Crippen LogP contribution >= 0.6 is 11.6 Å². The Morgan fingerprint density at radius 2 is 1.71 bits per heavy atom. The largest absolute Gasteiger partial charge is 0.481 e. The van der Waals surface area contributed by atoms with Crippen molar-refractivity contribution in [3.05, 3.63) is 83.4 Å². The molecule has 0 aliphatic rings. The number of carbonyl (C=O) groups is 1. The summed E-state index contributed by atoms with van der Waals surface area (Å²) in [5.41, 5.74) is 1.62. The fraction of sp³-hybridized carbons (Fsp3) is 0.174. The highest BCUT2D eigenvalue weighted by atomic mass is 35.5. The topological polar surface area (TPSA) is 47.6 Å². The molecule has 1 atom stereocenters. The van der Waals surface area contributed by atoms with Gasteiger partial charge in [0.05, 0.1) is 5.69 Å². The summed E-state index contributed by atoms with van der Waals surface area (Å²) >= 11 is 6.12. The number of aryl methyl sites for hydroxylation is 1. The predicted molar refractivity (Wildman–Crippen MR) is 112 cm³/mol. The van der Waals surface area contributed by atoms with Crippen molar-refractivity contribution >= 4 is 23.2 Å². The molecular weight excluding hydrogens is 374 g/mol. The first kappa shape index (κ1) is 19.8. The monoisotopic (exact) mass is 395 g/mol. The molecule has 0 heterocycles. The number of hydrogen-bond acceptors (Lipinski definition) is 3. The van der Waals surface area contributed by atoms with E-state index in [1.54, 1.807) is 18.2 Å². The Balaban J connectivity index is 1.76. The van der Waals surface area contributed by atoms with Gasteiger partial charge in [-0.2, -0.15) is 0 Å². The molecular formula is C23H22ClNO3. The van der Waals surface area contributed by atoms with Gasteiger partial charge in [0, 0.05) is 5.02 Å². The third-order valence-electron chi connectivity index (χ3n) is 4.13. The van der Waals surface area contributed by atoms with Crippen molar-refractivity contribution in [3.8, 4) is 17.2 Å². The maximum absolute atomic E-state index is 12.8. The lowest BCUT2D eigenvalue weighted by molar-refractivity contribution is -0.122. The molecule has 5 heteroatoms. The Hall–Kier alpha value is -2.98. The van der Waals surface area contributed by atoms with Crippen molar-refractivity contribution in [2.24, 2.45) is 0 Å². The molecule has 0 saturated heterocycles. The van der Waals surface area contributed by atoms with Crippen LogP contribution in [0.3, 0.4) is 0 Å². The van der Waals surface area contributed by atoms with Crippen LogP contribution in [0.15, 0.2) is 72.8 Å². The molecule has 0 aromatic heterocycles. The summed E-state index contributed by atoms with van der Waals surface area (Å²) in [6.07, 6.45) is -0.110. The summed E-state index contributed by atoms with van der Waals surface area (Å²) in [6, 6.07) is 22.1. The van der Waals surface area contributed by atoms with Crippen LogP contribution in [-0.4, -0.2) is 12.0 Å². The van der Waals surface area contributed by atoms with Gasteiger partial charge in [0.1, 0.15) is 11.5 Å². The Labute approximate surface area is 170 Å². The van der Waals surface area contributed by atoms with Crippen LogP contribution in [0.1, 0.15) is 18.9 Å². The van der Waals surface area contributed by atoms with E-state index in [1.807, 2.05) is 68.4 Å². The molecule has 0 aliphatic carbocycles. The van der Waals surface area contributed by atoms with E-state index in [4.69, 9.17) is 21.1 Å². The van der Waals surface area contributed by atoms with E-state index in [-0.39, 0.29) is 5.91 Å². The number of para-hydroxylation sites is 1. The summed E-state index contributed by atoms with van der Waals surface area (Å²) in [5, 5.41) is 3.38. The molecule has 0 saturated carbocycles. The second-order valence-electron chi connectivity index (χ2n) is 6.37. The van der Waals surface area contributed by atoms with Crippen LogP contribution in [0.2, 0.25) is 5.02 Å². The minimum absolute atomic E-state index is 0.261. The van der Waals surface area contributed by atoms with Crippen LogP contribution in [0, 0.1) is 6.92 Å².